The summed E-state index contributed by atoms with van der Waals surface area (Å²) in [5.74, 6) is 1.31. The standard InChI is InChI=1S/C10H15N3O2S/c1-13(4-5-16-3)9-7-11-8(6-12-9)10(14)15-2/h6-7H,4-5H2,1-3H3. The third-order valence-corrected chi connectivity index (χ3v) is 2.65. The van der Waals surface area contributed by atoms with E-state index in [4.69, 9.17) is 0 Å². The molecule has 0 saturated carbocycles. The molecule has 0 aromatic carbocycles. The highest BCUT2D eigenvalue weighted by atomic mass is 32.2. The van der Waals surface area contributed by atoms with Crippen LogP contribution in [0.4, 0.5) is 5.82 Å². The predicted octanol–water partition coefficient (Wildman–Crippen LogP) is 1.06. The molecule has 1 aromatic heterocycles. The highest BCUT2D eigenvalue weighted by molar-refractivity contribution is 7.98. The summed E-state index contributed by atoms with van der Waals surface area (Å²) in [6.45, 7) is 0.896. The van der Waals surface area contributed by atoms with Crippen molar-refractivity contribution in [1.29, 1.82) is 0 Å². The van der Waals surface area contributed by atoms with Gasteiger partial charge in [-0.15, -0.1) is 0 Å². The molecule has 0 aliphatic carbocycles. The molecule has 0 amide bonds. The van der Waals surface area contributed by atoms with Crippen LogP contribution in [0.2, 0.25) is 0 Å². The number of nitrogens with zero attached hydrogens (tertiary/aromatic N) is 3. The zero-order valence-corrected chi connectivity index (χ0v) is 10.5. The Bertz CT molecular complexity index is 342. The highest BCUT2D eigenvalue weighted by Gasteiger charge is 2.08. The fourth-order valence-corrected chi connectivity index (χ4v) is 1.53. The fourth-order valence-electron chi connectivity index (χ4n) is 1.07. The highest BCUT2D eigenvalue weighted by Crippen LogP contribution is 2.08. The fraction of sp³-hybridized carbons (Fsp3) is 0.500. The van der Waals surface area contributed by atoms with E-state index in [9.17, 15) is 4.79 Å². The van der Waals surface area contributed by atoms with E-state index in [1.165, 1.54) is 13.3 Å². The number of rotatable bonds is 5. The van der Waals surface area contributed by atoms with Gasteiger partial charge in [-0.2, -0.15) is 11.8 Å². The van der Waals surface area contributed by atoms with Crippen molar-refractivity contribution in [3.05, 3.63) is 18.1 Å². The Morgan fingerprint density at radius 1 is 1.50 bits per heavy atom. The van der Waals surface area contributed by atoms with Gasteiger partial charge in [0.2, 0.25) is 0 Å². The summed E-state index contributed by atoms with van der Waals surface area (Å²) in [4.78, 5) is 21.3. The first kappa shape index (κ1) is 12.8. The van der Waals surface area contributed by atoms with Crippen LogP contribution in [0, 0.1) is 0 Å². The lowest BCUT2D eigenvalue weighted by molar-refractivity contribution is 0.0593. The lowest BCUT2D eigenvalue weighted by atomic mass is 10.4. The molecule has 0 aliphatic rings. The van der Waals surface area contributed by atoms with Crippen molar-refractivity contribution >= 4 is 23.5 Å². The third-order valence-electron chi connectivity index (χ3n) is 2.05. The predicted molar refractivity (Wildman–Crippen MR) is 65.0 cm³/mol. The smallest absolute Gasteiger partial charge is 0.358 e. The van der Waals surface area contributed by atoms with Crippen LogP contribution in [0.3, 0.4) is 0 Å². The topological polar surface area (TPSA) is 55.3 Å². The van der Waals surface area contributed by atoms with Crippen LogP contribution in [-0.2, 0) is 4.74 Å². The SMILES string of the molecule is COC(=O)c1cnc(N(C)CCSC)cn1. The lowest BCUT2D eigenvalue weighted by Gasteiger charge is -2.16. The number of hydrogen-bond donors (Lipinski definition) is 0. The molecule has 0 N–H and O–H groups in total. The maximum atomic E-state index is 11.1. The molecular formula is C10H15N3O2S. The number of carbonyl (C=O) groups is 1. The zero-order chi connectivity index (χ0) is 12.0. The lowest BCUT2D eigenvalue weighted by Crippen LogP contribution is -2.21. The Morgan fingerprint density at radius 2 is 2.25 bits per heavy atom. The number of ether oxygens (including phenoxy) is 1. The number of thioether (sulfide) groups is 1. The normalized spacial score (nSPS) is 9.94. The van der Waals surface area contributed by atoms with Gasteiger partial charge in [-0.25, -0.2) is 14.8 Å². The summed E-state index contributed by atoms with van der Waals surface area (Å²) >= 11 is 1.77. The molecule has 0 bridgehead atoms. The van der Waals surface area contributed by atoms with Crippen molar-refractivity contribution in [2.24, 2.45) is 0 Å². The van der Waals surface area contributed by atoms with Crippen LogP contribution >= 0.6 is 11.8 Å². The van der Waals surface area contributed by atoms with E-state index >= 15 is 0 Å². The molecule has 0 fully saturated rings. The minimum Gasteiger partial charge on any atom is -0.464 e. The van der Waals surface area contributed by atoms with Gasteiger partial charge in [0.25, 0.3) is 0 Å². The van der Waals surface area contributed by atoms with Crippen LogP contribution in [0.15, 0.2) is 12.4 Å². The molecule has 88 valence electrons. The molecule has 0 atom stereocenters. The Hall–Kier alpha value is -1.30. The van der Waals surface area contributed by atoms with E-state index in [1.54, 1.807) is 18.0 Å². The van der Waals surface area contributed by atoms with Gasteiger partial charge in [0.05, 0.1) is 19.5 Å². The van der Waals surface area contributed by atoms with Gasteiger partial charge in [-0.3, -0.25) is 0 Å². The van der Waals surface area contributed by atoms with Gasteiger partial charge >= 0.3 is 5.97 Å². The second-order valence-corrected chi connectivity index (χ2v) is 4.15. The number of hydrogen-bond acceptors (Lipinski definition) is 6. The van der Waals surface area contributed by atoms with Crippen molar-refractivity contribution in [2.45, 2.75) is 0 Å². The average Bonchev–Trinajstić information content (AvgIpc) is 2.35. The Balaban J connectivity index is 2.67. The van der Waals surface area contributed by atoms with Crippen molar-refractivity contribution in [3.63, 3.8) is 0 Å². The summed E-state index contributed by atoms with van der Waals surface area (Å²) in [7, 11) is 3.26. The Labute approximate surface area is 99.2 Å². The van der Waals surface area contributed by atoms with E-state index in [0.29, 0.717) is 0 Å². The zero-order valence-electron chi connectivity index (χ0n) is 9.64. The summed E-state index contributed by atoms with van der Waals surface area (Å²) < 4.78 is 4.54. The number of aromatic nitrogens is 2. The number of carbonyl (C=O) groups excluding carboxylic acids is 1. The van der Waals surface area contributed by atoms with Gasteiger partial charge in [-0.05, 0) is 6.26 Å². The number of esters is 1. The van der Waals surface area contributed by atoms with E-state index in [2.05, 4.69) is 21.0 Å². The van der Waals surface area contributed by atoms with Crippen LogP contribution in [0.1, 0.15) is 10.5 Å². The maximum absolute atomic E-state index is 11.1. The first-order valence-corrected chi connectivity index (χ1v) is 6.19. The summed E-state index contributed by atoms with van der Waals surface area (Å²) in [6, 6.07) is 0. The molecule has 0 unspecified atom stereocenters. The quantitative estimate of drug-likeness (QED) is 0.719. The summed E-state index contributed by atoms with van der Waals surface area (Å²) in [5.41, 5.74) is 0.226. The Morgan fingerprint density at radius 3 is 2.75 bits per heavy atom. The molecule has 0 aliphatic heterocycles. The van der Waals surface area contributed by atoms with E-state index in [-0.39, 0.29) is 5.69 Å². The molecule has 16 heavy (non-hydrogen) atoms. The minimum absolute atomic E-state index is 0.226. The molecule has 1 rings (SSSR count). The van der Waals surface area contributed by atoms with Crippen LogP contribution in [0.25, 0.3) is 0 Å². The first-order valence-electron chi connectivity index (χ1n) is 4.79. The van der Waals surface area contributed by atoms with Crippen molar-refractivity contribution < 1.29 is 9.53 Å². The second kappa shape index (κ2) is 6.32. The molecule has 0 saturated heterocycles. The summed E-state index contributed by atoms with van der Waals surface area (Å²) in [6.07, 6.45) is 5.06. The van der Waals surface area contributed by atoms with E-state index in [0.717, 1.165) is 18.1 Å². The molecule has 6 heteroatoms. The molecule has 1 heterocycles. The van der Waals surface area contributed by atoms with E-state index < -0.39 is 5.97 Å². The van der Waals surface area contributed by atoms with Crippen molar-refractivity contribution in [2.75, 3.05) is 37.6 Å². The van der Waals surface area contributed by atoms with Crippen LogP contribution in [0.5, 0.6) is 0 Å². The molecule has 5 nitrogen and oxygen atoms in total. The van der Waals surface area contributed by atoms with Gasteiger partial charge < -0.3 is 9.64 Å². The minimum atomic E-state index is -0.467. The summed E-state index contributed by atoms with van der Waals surface area (Å²) in [5, 5.41) is 0. The monoisotopic (exact) mass is 241 g/mol. The molecule has 1 aromatic rings. The van der Waals surface area contributed by atoms with Crippen LogP contribution < -0.4 is 4.90 Å². The number of anilines is 1. The Kier molecular flexibility index (Phi) is 5.04. The first-order chi connectivity index (χ1) is 7.69. The van der Waals surface area contributed by atoms with Crippen molar-refractivity contribution in [1.82, 2.24) is 9.97 Å². The molecule has 0 spiro atoms. The average molecular weight is 241 g/mol. The number of methoxy groups -OCH3 is 1. The van der Waals surface area contributed by atoms with Gasteiger partial charge in [0.1, 0.15) is 5.82 Å². The van der Waals surface area contributed by atoms with Crippen LogP contribution in [-0.4, -0.2) is 48.6 Å². The molecule has 0 radical (unpaired) electrons. The van der Waals surface area contributed by atoms with Crippen molar-refractivity contribution in [3.8, 4) is 0 Å². The maximum Gasteiger partial charge on any atom is 0.358 e. The third kappa shape index (κ3) is 3.37. The molecular weight excluding hydrogens is 226 g/mol. The van der Waals surface area contributed by atoms with Gasteiger partial charge in [0, 0.05) is 19.3 Å². The van der Waals surface area contributed by atoms with Gasteiger partial charge in [0.15, 0.2) is 5.69 Å². The second-order valence-electron chi connectivity index (χ2n) is 3.17. The van der Waals surface area contributed by atoms with E-state index in [1.807, 2.05) is 11.9 Å². The largest absolute Gasteiger partial charge is 0.464 e. The van der Waals surface area contributed by atoms with Gasteiger partial charge in [-0.1, -0.05) is 0 Å².